The number of rotatable bonds is 6. The van der Waals surface area contributed by atoms with E-state index in [2.05, 4.69) is 27.7 Å². The van der Waals surface area contributed by atoms with Crippen LogP contribution in [0.4, 0.5) is 5.69 Å². The molecule has 6 heteroatoms. The van der Waals surface area contributed by atoms with E-state index in [1.807, 2.05) is 12.1 Å². The third-order valence-electron chi connectivity index (χ3n) is 4.73. The fourth-order valence-electron chi connectivity index (χ4n) is 3.13. The number of halogens is 1. The van der Waals surface area contributed by atoms with Crippen molar-refractivity contribution in [3.63, 3.8) is 0 Å². The minimum atomic E-state index is -0.655. The highest BCUT2D eigenvalue weighted by molar-refractivity contribution is 6.33. The molecule has 0 aromatic heterocycles. The van der Waals surface area contributed by atoms with Gasteiger partial charge >= 0.3 is 0 Å². The number of amides is 2. The summed E-state index contributed by atoms with van der Waals surface area (Å²) in [6.07, 6.45) is 2.49. The second kappa shape index (κ2) is 8.91. The second-order valence-corrected chi connectivity index (χ2v) is 7.16. The normalized spacial score (nSPS) is 14.7. The molecule has 2 amide bonds. The van der Waals surface area contributed by atoms with Crippen LogP contribution in [-0.4, -0.2) is 30.9 Å². The summed E-state index contributed by atoms with van der Waals surface area (Å²) in [7, 11) is 0. The van der Waals surface area contributed by atoms with Crippen LogP contribution in [0.25, 0.3) is 0 Å². The Labute approximate surface area is 164 Å². The topological polar surface area (TPSA) is 61.4 Å². The van der Waals surface area contributed by atoms with Gasteiger partial charge in [0.15, 0.2) is 0 Å². The zero-order valence-electron chi connectivity index (χ0n) is 15.4. The van der Waals surface area contributed by atoms with Gasteiger partial charge in [-0.1, -0.05) is 35.9 Å². The first-order valence-electron chi connectivity index (χ1n) is 9.21. The molecule has 0 aliphatic carbocycles. The van der Waals surface area contributed by atoms with Gasteiger partial charge in [0.1, 0.15) is 6.04 Å². The van der Waals surface area contributed by atoms with Gasteiger partial charge < -0.3 is 15.5 Å². The van der Waals surface area contributed by atoms with E-state index < -0.39 is 6.04 Å². The van der Waals surface area contributed by atoms with Crippen LogP contribution in [0.1, 0.15) is 35.7 Å². The molecule has 1 aliphatic rings. The van der Waals surface area contributed by atoms with Gasteiger partial charge in [0.25, 0.3) is 5.91 Å². The summed E-state index contributed by atoms with van der Waals surface area (Å²) >= 11 is 6.02. The minimum Gasteiger partial charge on any atom is -0.372 e. The molecular weight excluding hydrogens is 362 g/mol. The van der Waals surface area contributed by atoms with Crippen LogP contribution in [0.3, 0.4) is 0 Å². The Morgan fingerprint density at radius 1 is 1.07 bits per heavy atom. The fourth-order valence-corrected chi connectivity index (χ4v) is 3.35. The molecule has 1 fully saturated rings. The Balaban J connectivity index is 1.49. The summed E-state index contributed by atoms with van der Waals surface area (Å²) in [5.74, 6) is -0.600. The number of hydrogen-bond donors (Lipinski definition) is 2. The Bertz CT molecular complexity index is 801. The van der Waals surface area contributed by atoms with Crippen molar-refractivity contribution in [1.29, 1.82) is 0 Å². The predicted molar refractivity (Wildman–Crippen MR) is 108 cm³/mol. The molecule has 5 nitrogen and oxygen atoms in total. The van der Waals surface area contributed by atoms with E-state index in [4.69, 9.17) is 11.6 Å². The molecule has 142 valence electrons. The van der Waals surface area contributed by atoms with E-state index in [9.17, 15) is 9.59 Å². The van der Waals surface area contributed by atoms with Crippen molar-refractivity contribution >= 4 is 29.1 Å². The first kappa shape index (κ1) is 19.2. The molecule has 0 spiro atoms. The quantitative estimate of drug-likeness (QED) is 0.801. The van der Waals surface area contributed by atoms with Gasteiger partial charge in [0, 0.05) is 25.3 Å². The highest BCUT2D eigenvalue weighted by atomic mass is 35.5. The van der Waals surface area contributed by atoms with E-state index in [-0.39, 0.29) is 11.8 Å². The van der Waals surface area contributed by atoms with Crippen LogP contribution in [0.5, 0.6) is 0 Å². The summed E-state index contributed by atoms with van der Waals surface area (Å²) in [5, 5.41) is 5.90. The van der Waals surface area contributed by atoms with E-state index in [0.717, 1.165) is 18.7 Å². The highest BCUT2D eigenvalue weighted by Crippen LogP contribution is 2.20. The maximum Gasteiger partial charge on any atom is 0.253 e. The van der Waals surface area contributed by atoms with Crippen molar-refractivity contribution < 1.29 is 9.59 Å². The molecule has 1 atom stereocenters. The molecule has 1 heterocycles. The van der Waals surface area contributed by atoms with Crippen molar-refractivity contribution in [2.75, 3.05) is 18.0 Å². The molecule has 3 rings (SSSR count). The van der Waals surface area contributed by atoms with Crippen LogP contribution in [-0.2, 0) is 11.3 Å². The van der Waals surface area contributed by atoms with Crippen LogP contribution in [0.15, 0.2) is 48.5 Å². The summed E-state index contributed by atoms with van der Waals surface area (Å²) in [4.78, 5) is 26.9. The van der Waals surface area contributed by atoms with Crippen LogP contribution in [0.2, 0.25) is 5.02 Å². The molecule has 0 saturated carbocycles. The SMILES string of the molecule is CC(NC(=O)c1ccccc1Cl)C(=O)NCc1ccc(N2CCCC2)cc1. The molecule has 1 aliphatic heterocycles. The highest BCUT2D eigenvalue weighted by Gasteiger charge is 2.18. The Morgan fingerprint density at radius 2 is 1.74 bits per heavy atom. The van der Waals surface area contributed by atoms with Gasteiger partial charge in [0.05, 0.1) is 10.6 Å². The van der Waals surface area contributed by atoms with E-state index >= 15 is 0 Å². The van der Waals surface area contributed by atoms with Crippen molar-refractivity contribution in [3.8, 4) is 0 Å². The van der Waals surface area contributed by atoms with Gasteiger partial charge in [-0.15, -0.1) is 0 Å². The van der Waals surface area contributed by atoms with Crippen molar-refractivity contribution in [3.05, 3.63) is 64.7 Å². The van der Waals surface area contributed by atoms with E-state index in [1.54, 1.807) is 31.2 Å². The standard InChI is InChI=1S/C21H24ClN3O2/c1-15(24-21(27)18-6-2-3-7-19(18)22)20(26)23-14-16-8-10-17(11-9-16)25-12-4-5-13-25/h2-3,6-11,15H,4-5,12-14H2,1H3,(H,23,26)(H,24,27). The summed E-state index contributed by atoms with van der Waals surface area (Å²) < 4.78 is 0. The number of anilines is 1. The number of benzene rings is 2. The monoisotopic (exact) mass is 385 g/mol. The van der Waals surface area contributed by atoms with Crippen molar-refractivity contribution in [2.45, 2.75) is 32.4 Å². The Morgan fingerprint density at radius 3 is 2.41 bits per heavy atom. The minimum absolute atomic E-state index is 0.237. The lowest BCUT2D eigenvalue weighted by molar-refractivity contribution is -0.122. The Hall–Kier alpha value is -2.53. The summed E-state index contributed by atoms with van der Waals surface area (Å²) in [6, 6.07) is 14.4. The van der Waals surface area contributed by atoms with E-state index in [1.165, 1.54) is 18.5 Å². The maximum atomic E-state index is 12.3. The van der Waals surface area contributed by atoms with E-state index in [0.29, 0.717) is 17.1 Å². The third kappa shape index (κ3) is 5.01. The molecular formula is C21H24ClN3O2. The molecule has 2 N–H and O–H groups in total. The van der Waals surface area contributed by atoms with Gasteiger partial charge in [0.2, 0.25) is 5.91 Å². The van der Waals surface area contributed by atoms with Crippen LogP contribution < -0.4 is 15.5 Å². The number of nitrogens with zero attached hydrogens (tertiary/aromatic N) is 1. The zero-order chi connectivity index (χ0) is 19.2. The number of nitrogens with one attached hydrogen (secondary N) is 2. The molecule has 2 aromatic carbocycles. The van der Waals surface area contributed by atoms with Crippen LogP contribution >= 0.6 is 11.6 Å². The smallest absolute Gasteiger partial charge is 0.253 e. The molecule has 27 heavy (non-hydrogen) atoms. The number of carbonyl (C=O) groups excluding carboxylic acids is 2. The molecule has 0 radical (unpaired) electrons. The zero-order valence-corrected chi connectivity index (χ0v) is 16.1. The first-order chi connectivity index (χ1) is 13.0. The molecule has 1 saturated heterocycles. The lowest BCUT2D eigenvalue weighted by Crippen LogP contribution is -2.44. The maximum absolute atomic E-state index is 12.3. The van der Waals surface area contributed by atoms with Gasteiger partial charge in [-0.25, -0.2) is 0 Å². The number of carbonyl (C=O) groups is 2. The van der Waals surface area contributed by atoms with Crippen LogP contribution in [0, 0.1) is 0 Å². The third-order valence-corrected chi connectivity index (χ3v) is 5.06. The molecule has 1 unspecified atom stereocenters. The average Bonchev–Trinajstić information content (AvgIpc) is 3.21. The second-order valence-electron chi connectivity index (χ2n) is 6.75. The van der Waals surface area contributed by atoms with Gasteiger partial charge in [-0.3, -0.25) is 9.59 Å². The Kier molecular flexibility index (Phi) is 6.35. The van der Waals surface area contributed by atoms with Crippen molar-refractivity contribution in [1.82, 2.24) is 10.6 Å². The van der Waals surface area contributed by atoms with Gasteiger partial charge in [-0.05, 0) is 49.6 Å². The predicted octanol–water partition coefficient (Wildman–Crippen LogP) is 3.37. The molecule has 2 aromatic rings. The lowest BCUT2D eigenvalue weighted by atomic mass is 10.1. The average molecular weight is 386 g/mol. The number of hydrogen-bond acceptors (Lipinski definition) is 3. The molecule has 0 bridgehead atoms. The first-order valence-corrected chi connectivity index (χ1v) is 9.59. The largest absolute Gasteiger partial charge is 0.372 e. The van der Waals surface area contributed by atoms with Gasteiger partial charge in [-0.2, -0.15) is 0 Å². The lowest BCUT2D eigenvalue weighted by Gasteiger charge is -2.18. The fraction of sp³-hybridized carbons (Fsp3) is 0.333. The summed E-state index contributed by atoms with van der Waals surface area (Å²) in [5.41, 5.74) is 2.61. The van der Waals surface area contributed by atoms with Crippen molar-refractivity contribution in [2.24, 2.45) is 0 Å². The summed E-state index contributed by atoms with van der Waals surface area (Å²) in [6.45, 7) is 4.30.